The number of aliphatic hydroxyl groups excluding tert-OH is 1. The fraction of sp³-hybridized carbons (Fsp3) is 0.353. The Morgan fingerprint density at radius 1 is 1.35 bits per heavy atom. The van der Waals surface area contributed by atoms with E-state index in [9.17, 15) is 9.90 Å². The lowest BCUT2D eigenvalue weighted by molar-refractivity contribution is 0.149. The van der Waals surface area contributed by atoms with E-state index in [0.29, 0.717) is 6.54 Å². The third-order valence-corrected chi connectivity index (χ3v) is 4.85. The van der Waals surface area contributed by atoms with Crippen LogP contribution in [0.3, 0.4) is 0 Å². The summed E-state index contributed by atoms with van der Waals surface area (Å²) in [5, 5.41) is 14.6. The molecule has 124 valence electrons. The van der Waals surface area contributed by atoms with Crippen LogP contribution >= 0.6 is 11.3 Å². The van der Waals surface area contributed by atoms with Gasteiger partial charge in [0.15, 0.2) is 0 Å². The second kappa shape index (κ2) is 7.99. The maximum absolute atomic E-state index is 12.3. The molecule has 1 heterocycles. The van der Waals surface area contributed by atoms with Gasteiger partial charge in [0.1, 0.15) is 5.75 Å². The van der Waals surface area contributed by atoms with Crippen molar-refractivity contribution in [1.29, 1.82) is 0 Å². The summed E-state index contributed by atoms with van der Waals surface area (Å²) < 4.78 is 5.13. The Hall–Kier alpha value is -2.05. The van der Waals surface area contributed by atoms with Crippen LogP contribution < -0.4 is 10.1 Å². The zero-order chi connectivity index (χ0) is 16.8. The van der Waals surface area contributed by atoms with Gasteiger partial charge in [-0.1, -0.05) is 12.1 Å². The van der Waals surface area contributed by atoms with Crippen molar-refractivity contribution in [2.24, 2.45) is 0 Å². The Balaban J connectivity index is 2.01. The maximum atomic E-state index is 12.3. The SMILES string of the molecule is COc1ccc(C(CO)N(C)C(=O)NCc2sccc2C)cc1. The number of carbonyl (C=O) groups is 1. The van der Waals surface area contributed by atoms with Gasteiger partial charge >= 0.3 is 6.03 Å². The highest BCUT2D eigenvalue weighted by Crippen LogP contribution is 2.22. The average Bonchev–Trinajstić information content (AvgIpc) is 2.99. The number of ether oxygens (including phenoxy) is 1. The predicted octanol–water partition coefficient (Wildman–Crippen LogP) is 2.94. The number of hydrogen-bond donors (Lipinski definition) is 2. The van der Waals surface area contributed by atoms with E-state index in [2.05, 4.69) is 5.32 Å². The molecule has 23 heavy (non-hydrogen) atoms. The van der Waals surface area contributed by atoms with Crippen LogP contribution in [0.25, 0.3) is 0 Å². The van der Waals surface area contributed by atoms with Gasteiger partial charge in [-0.15, -0.1) is 11.3 Å². The molecule has 2 N–H and O–H groups in total. The minimum absolute atomic E-state index is 0.145. The van der Waals surface area contributed by atoms with Crippen molar-refractivity contribution in [1.82, 2.24) is 10.2 Å². The van der Waals surface area contributed by atoms with Crippen molar-refractivity contribution in [3.63, 3.8) is 0 Å². The number of thiophene rings is 1. The number of nitrogens with zero attached hydrogens (tertiary/aromatic N) is 1. The van der Waals surface area contributed by atoms with Crippen LogP contribution in [0.5, 0.6) is 5.75 Å². The molecule has 6 heteroatoms. The molecular formula is C17H22N2O3S. The summed E-state index contributed by atoms with van der Waals surface area (Å²) in [6, 6.07) is 8.76. The molecule has 0 aliphatic carbocycles. The Morgan fingerprint density at radius 2 is 2.04 bits per heavy atom. The molecule has 0 fully saturated rings. The largest absolute Gasteiger partial charge is 0.497 e. The van der Waals surface area contributed by atoms with E-state index in [1.165, 1.54) is 10.5 Å². The van der Waals surface area contributed by atoms with Crippen LogP contribution in [-0.4, -0.2) is 36.8 Å². The first kappa shape index (κ1) is 17.3. The number of aryl methyl sites for hydroxylation is 1. The first-order valence-corrected chi connectivity index (χ1v) is 8.23. The van der Waals surface area contributed by atoms with Gasteiger partial charge in [-0.05, 0) is 41.6 Å². The minimum Gasteiger partial charge on any atom is -0.497 e. The number of likely N-dealkylation sites (N-methyl/N-ethyl adjacent to an activating group) is 1. The highest BCUT2D eigenvalue weighted by molar-refractivity contribution is 7.10. The van der Waals surface area contributed by atoms with Gasteiger partial charge in [0.05, 0.1) is 26.3 Å². The Kier molecular flexibility index (Phi) is 6.01. The first-order chi connectivity index (χ1) is 11.1. The number of methoxy groups -OCH3 is 1. The van der Waals surface area contributed by atoms with Crippen LogP contribution in [0.4, 0.5) is 4.79 Å². The molecular weight excluding hydrogens is 312 g/mol. The molecule has 1 aromatic carbocycles. The minimum atomic E-state index is -0.398. The van der Waals surface area contributed by atoms with Crippen molar-refractivity contribution in [3.8, 4) is 5.75 Å². The summed E-state index contributed by atoms with van der Waals surface area (Å²) in [5.74, 6) is 0.741. The van der Waals surface area contributed by atoms with Gasteiger partial charge < -0.3 is 20.1 Å². The summed E-state index contributed by atoms with van der Waals surface area (Å²) >= 11 is 1.62. The highest BCUT2D eigenvalue weighted by atomic mass is 32.1. The second-order valence-corrected chi connectivity index (χ2v) is 6.27. The number of carbonyl (C=O) groups excluding carboxylic acids is 1. The average molecular weight is 334 g/mol. The molecule has 5 nitrogen and oxygen atoms in total. The maximum Gasteiger partial charge on any atom is 0.318 e. The molecule has 2 rings (SSSR count). The molecule has 1 unspecified atom stereocenters. The van der Waals surface area contributed by atoms with Crippen LogP contribution in [0, 0.1) is 6.92 Å². The van der Waals surface area contributed by atoms with Crippen molar-refractivity contribution >= 4 is 17.4 Å². The fourth-order valence-corrected chi connectivity index (χ4v) is 3.13. The molecule has 0 spiro atoms. The van der Waals surface area contributed by atoms with Gasteiger partial charge in [-0.25, -0.2) is 4.79 Å². The van der Waals surface area contributed by atoms with Gasteiger partial charge in [0, 0.05) is 11.9 Å². The van der Waals surface area contributed by atoms with Crippen molar-refractivity contribution in [3.05, 3.63) is 51.7 Å². The van der Waals surface area contributed by atoms with Gasteiger partial charge in [0.2, 0.25) is 0 Å². The molecule has 2 aromatic rings. The number of hydrogen-bond acceptors (Lipinski definition) is 4. The van der Waals surface area contributed by atoms with E-state index >= 15 is 0 Å². The summed E-state index contributed by atoms with van der Waals surface area (Å²) in [7, 11) is 3.28. The topological polar surface area (TPSA) is 61.8 Å². The molecule has 0 saturated carbocycles. The summed E-state index contributed by atoms with van der Waals surface area (Å²) in [5.41, 5.74) is 2.03. The van der Waals surface area contributed by atoms with E-state index in [1.54, 1.807) is 25.5 Å². The zero-order valence-corrected chi connectivity index (χ0v) is 14.4. The van der Waals surface area contributed by atoms with E-state index in [1.807, 2.05) is 42.6 Å². The van der Waals surface area contributed by atoms with Crippen molar-refractivity contribution in [2.45, 2.75) is 19.5 Å². The third-order valence-electron chi connectivity index (χ3n) is 3.83. The Bertz CT molecular complexity index is 640. The number of urea groups is 1. The summed E-state index contributed by atoms with van der Waals surface area (Å²) in [6.07, 6.45) is 0. The Labute approximate surface area is 140 Å². The third kappa shape index (κ3) is 4.24. The number of aliphatic hydroxyl groups is 1. The molecule has 2 amide bonds. The molecule has 0 saturated heterocycles. The van der Waals surface area contributed by atoms with Crippen molar-refractivity contribution in [2.75, 3.05) is 20.8 Å². The van der Waals surface area contributed by atoms with Crippen LogP contribution in [-0.2, 0) is 6.54 Å². The smallest absolute Gasteiger partial charge is 0.318 e. The highest BCUT2D eigenvalue weighted by Gasteiger charge is 2.21. The van der Waals surface area contributed by atoms with Gasteiger partial charge in [-0.3, -0.25) is 0 Å². The molecule has 0 bridgehead atoms. The molecule has 0 aliphatic rings. The van der Waals surface area contributed by atoms with Gasteiger partial charge in [0.25, 0.3) is 0 Å². The number of benzene rings is 1. The monoisotopic (exact) mass is 334 g/mol. The number of nitrogens with one attached hydrogen (secondary N) is 1. The normalized spacial score (nSPS) is 11.8. The summed E-state index contributed by atoms with van der Waals surface area (Å²) in [4.78, 5) is 15.0. The molecule has 0 aliphatic heterocycles. The number of rotatable bonds is 6. The van der Waals surface area contributed by atoms with E-state index in [-0.39, 0.29) is 12.6 Å². The number of amides is 2. The Morgan fingerprint density at radius 3 is 2.57 bits per heavy atom. The molecule has 0 radical (unpaired) electrons. The van der Waals surface area contributed by atoms with E-state index in [0.717, 1.165) is 16.2 Å². The summed E-state index contributed by atoms with van der Waals surface area (Å²) in [6.45, 7) is 2.37. The van der Waals surface area contributed by atoms with E-state index in [4.69, 9.17) is 4.74 Å². The van der Waals surface area contributed by atoms with E-state index < -0.39 is 6.04 Å². The lowest BCUT2D eigenvalue weighted by Crippen LogP contribution is -2.40. The second-order valence-electron chi connectivity index (χ2n) is 5.27. The van der Waals surface area contributed by atoms with Crippen LogP contribution in [0.15, 0.2) is 35.7 Å². The lowest BCUT2D eigenvalue weighted by atomic mass is 10.1. The zero-order valence-electron chi connectivity index (χ0n) is 13.6. The van der Waals surface area contributed by atoms with Crippen LogP contribution in [0.2, 0.25) is 0 Å². The molecule has 1 atom stereocenters. The van der Waals surface area contributed by atoms with Crippen molar-refractivity contribution < 1.29 is 14.6 Å². The fourth-order valence-electron chi connectivity index (χ4n) is 2.28. The first-order valence-electron chi connectivity index (χ1n) is 7.35. The van der Waals surface area contributed by atoms with Crippen LogP contribution in [0.1, 0.15) is 22.0 Å². The molecule has 1 aromatic heterocycles. The van der Waals surface area contributed by atoms with Gasteiger partial charge in [-0.2, -0.15) is 0 Å². The predicted molar refractivity (Wildman–Crippen MR) is 91.9 cm³/mol. The quantitative estimate of drug-likeness (QED) is 0.854. The lowest BCUT2D eigenvalue weighted by Gasteiger charge is -2.27. The standard InChI is InChI=1S/C17H22N2O3S/c1-12-8-9-23-16(12)10-18-17(21)19(2)15(11-20)13-4-6-14(22-3)7-5-13/h4-9,15,20H,10-11H2,1-3H3,(H,18,21).